The summed E-state index contributed by atoms with van der Waals surface area (Å²) in [6, 6.07) is 6.50. The number of methoxy groups -OCH3 is 2. The van der Waals surface area contributed by atoms with E-state index in [2.05, 4.69) is 25.2 Å². The Balaban J connectivity index is 1.65. The molecule has 0 spiro atoms. The van der Waals surface area contributed by atoms with Gasteiger partial charge in [-0.15, -0.1) is 0 Å². The summed E-state index contributed by atoms with van der Waals surface area (Å²) in [5, 5.41) is 8.14. The first kappa shape index (κ1) is 22.2. The standard InChI is InChI=1S/C23H21FN8O3/c1-13-27-20(30-35-13)12-32(18-7-15(33-3)8-19(34-4)22(18)24)21-6-5-16-23(29-21)28-17(10-25-16)14-9-26-31(2)11-14/h5-11H,12H2,1-4H3. The lowest BCUT2D eigenvalue weighted by Crippen LogP contribution is -2.20. The number of aryl methyl sites for hydroxylation is 2. The minimum atomic E-state index is -0.592. The van der Waals surface area contributed by atoms with Crippen LogP contribution in [-0.2, 0) is 13.6 Å². The lowest BCUT2D eigenvalue weighted by molar-refractivity contribution is 0.374. The molecule has 4 heterocycles. The van der Waals surface area contributed by atoms with Gasteiger partial charge in [0.25, 0.3) is 0 Å². The van der Waals surface area contributed by atoms with Gasteiger partial charge < -0.3 is 18.9 Å². The van der Waals surface area contributed by atoms with E-state index in [4.69, 9.17) is 19.0 Å². The van der Waals surface area contributed by atoms with Gasteiger partial charge in [0.15, 0.2) is 23.0 Å². The third-order valence-electron chi connectivity index (χ3n) is 5.28. The van der Waals surface area contributed by atoms with Crippen molar-refractivity contribution < 1.29 is 18.4 Å². The molecule has 35 heavy (non-hydrogen) atoms. The van der Waals surface area contributed by atoms with Crippen LogP contribution in [0.1, 0.15) is 11.7 Å². The Morgan fingerprint density at radius 3 is 2.63 bits per heavy atom. The molecule has 0 saturated carbocycles. The number of pyridine rings is 1. The predicted octanol–water partition coefficient (Wildman–Crippen LogP) is 3.61. The molecule has 11 nitrogen and oxygen atoms in total. The number of rotatable bonds is 7. The van der Waals surface area contributed by atoms with E-state index in [1.165, 1.54) is 20.3 Å². The average molecular weight is 476 g/mol. The molecule has 4 aromatic heterocycles. The zero-order chi connectivity index (χ0) is 24.5. The van der Waals surface area contributed by atoms with Gasteiger partial charge >= 0.3 is 0 Å². The Kier molecular flexibility index (Phi) is 5.69. The first-order chi connectivity index (χ1) is 16.9. The fourth-order valence-corrected chi connectivity index (χ4v) is 3.59. The monoisotopic (exact) mass is 476 g/mol. The highest BCUT2D eigenvalue weighted by molar-refractivity contribution is 5.77. The van der Waals surface area contributed by atoms with E-state index in [1.807, 2.05) is 13.2 Å². The highest BCUT2D eigenvalue weighted by Crippen LogP contribution is 2.37. The van der Waals surface area contributed by atoms with Crippen LogP contribution in [0.3, 0.4) is 0 Å². The molecule has 0 saturated heterocycles. The number of nitrogens with zero attached hydrogens (tertiary/aromatic N) is 8. The topological polar surface area (TPSA) is 117 Å². The Bertz CT molecular complexity index is 1520. The molecule has 0 unspecified atom stereocenters. The van der Waals surface area contributed by atoms with E-state index in [1.54, 1.807) is 47.1 Å². The maximum atomic E-state index is 15.5. The third-order valence-corrected chi connectivity index (χ3v) is 5.28. The number of fused-ring (bicyclic) bond motifs is 1. The quantitative estimate of drug-likeness (QED) is 0.345. The van der Waals surface area contributed by atoms with Gasteiger partial charge in [0.1, 0.15) is 17.1 Å². The van der Waals surface area contributed by atoms with Gasteiger partial charge in [-0.2, -0.15) is 10.1 Å². The molecule has 0 bridgehead atoms. The second kappa shape index (κ2) is 8.97. The number of aromatic nitrogens is 7. The maximum Gasteiger partial charge on any atom is 0.223 e. The molecule has 5 rings (SSSR count). The Morgan fingerprint density at radius 1 is 1.09 bits per heavy atom. The molecule has 12 heteroatoms. The summed E-state index contributed by atoms with van der Waals surface area (Å²) >= 11 is 0. The minimum absolute atomic E-state index is 0.0214. The van der Waals surface area contributed by atoms with Crippen LogP contribution < -0.4 is 14.4 Å². The summed E-state index contributed by atoms with van der Waals surface area (Å²) in [7, 11) is 4.70. The minimum Gasteiger partial charge on any atom is -0.497 e. The summed E-state index contributed by atoms with van der Waals surface area (Å²) in [5.41, 5.74) is 2.54. The van der Waals surface area contributed by atoms with Crippen molar-refractivity contribution in [1.29, 1.82) is 0 Å². The fraction of sp³-hybridized carbons (Fsp3) is 0.217. The molecule has 0 amide bonds. The lowest BCUT2D eigenvalue weighted by Gasteiger charge is -2.24. The van der Waals surface area contributed by atoms with E-state index < -0.39 is 5.82 Å². The molecule has 0 aliphatic heterocycles. The van der Waals surface area contributed by atoms with Gasteiger partial charge in [0.05, 0.1) is 44.5 Å². The van der Waals surface area contributed by atoms with E-state index in [0.717, 1.165) is 5.56 Å². The normalized spacial score (nSPS) is 11.1. The van der Waals surface area contributed by atoms with Crippen LogP contribution in [0, 0.1) is 12.7 Å². The number of hydrogen-bond acceptors (Lipinski definition) is 10. The lowest BCUT2D eigenvalue weighted by atomic mass is 10.2. The Labute approximate surface area is 199 Å². The summed E-state index contributed by atoms with van der Waals surface area (Å²) in [4.78, 5) is 19.7. The molecule has 0 radical (unpaired) electrons. The van der Waals surface area contributed by atoms with E-state index >= 15 is 4.39 Å². The molecular weight excluding hydrogens is 455 g/mol. The fourth-order valence-electron chi connectivity index (χ4n) is 3.59. The smallest absolute Gasteiger partial charge is 0.223 e. The number of hydrogen-bond donors (Lipinski definition) is 0. The van der Waals surface area contributed by atoms with Gasteiger partial charge in [-0.3, -0.25) is 9.67 Å². The number of benzene rings is 1. The van der Waals surface area contributed by atoms with Crippen molar-refractivity contribution in [2.75, 3.05) is 19.1 Å². The molecule has 0 aliphatic rings. The van der Waals surface area contributed by atoms with Crippen molar-refractivity contribution in [2.45, 2.75) is 13.5 Å². The van der Waals surface area contributed by atoms with Crippen LogP contribution in [0.4, 0.5) is 15.9 Å². The number of ether oxygens (including phenoxy) is 2. The van der Waals surface area contributed by atoms with Crippen molar-refractivity contribution in [2.24, 2.45) is 7.05 Å². The Morgan fingerprint density at radius 2 is 1.94 bits per heavy atom. The SMILES string of the molecule is COc1cc(OC)c(F)c(N(Cc2noc(C)n2)c2ccc3ncc(-c4cnn(C)c4)nc3n2)c1. The van der Waals surface area contributed by atoms with Crippen LogP contribution >= 0.6 is 0 Å². The molecule has 178 valence electrons. The van der Waals surface area contributed by atoms with Crippen molar-refractivity contribution in [3.05, 3.63) is 60.4 Å². The zero-order valence-corrected chi connectivity index (χ0v) is 19.4. The largest absolute Gasteiger partial charge is 0.497 e. The molecule has 0 N–H and O–H groups in total. The zero-order valence-electron chi connectivity index (χ0n) is 19.4. The molecule has 1 aromatic carbocycles. The number of anilines is 2. The van der Waals surface area contributed by atoms with Crippen molar-refractivity contribution >= 4 is 22.7 Å². The second-order valence-electron chi connectivity index (χ2n) is 7.65. The Hall–Kier alpha value is -4.61. The molecule has 0 aliphatic carbocycles. The van der Waals surface area contributed by atoms with Crippen molar-refractivity contribution in [1.82, 2.24) is 34.9 Å². The summed E-state index contributed by atoms with van der Waals surface area (Å²) < 4.78 is 32.9. The van der Waals surface area contributed by atoms with Gasteiger partial charge in [0.2, 0.25) is 5.89 Å². The first-order valence-electron chi connectivity index (χ1n) is 10.6. The van der Waals surface area contributed by atoms with E-state index in [0.29, 0.717) is 40.1 Å². The van der Waals surface area contributed by atoms with Gasteiger partial charge in [0, 0.05) is 37.9 Å². The number of halogens is 1. The van der Waals surface area contributed by atoms with Gasteiger partial charge in [-0.05, 0) is 12.1 Å². The molecular formula is C23H21FN8O3. The van der Waals surface area contributed by atoms with Crippen LogP contribution in [0.15, 0.2) is 47.4 Å². The van der Waals surface area contributed by atoms with Crippen molar-refractivity contribution in [3.63, 3.8) is 0 Å². The van der Waals surface area contributed by atoms with E-state index in [9.17, 15) is 0 Å². The summed E-state index contributed by atoms with van der Waals surface area (Å²) in [6.07, 6.45) is 5.19. The van der Waals surface area contributed by atoms with Crippen LogP contribution in [0.5, 0.6) is 11.5 Å². The molecule has 0 atom stereocenters. The van der Waals surface area contributed by atoms with Crippen LogP contribution in [0.25, 0.3) is 22.4 Å². The van der Waals surface area contributed by atoms with Crippen molar-refractivity contribution in [3.8, 4) is 22.8 Å². The molecule has 0 fully saturated rings. The summed E-state index contributed by atoms with van der Waals surface area (Å²) in [5.74, 6) is 0.973. The highest BCUT2D eigenvalue weighted by atomic mass is 19.1. The van der Waals surface area contributed by atoms with Crippen LogP contribution in [-0.4, -0.2) is 49.1 Å². The average Bonchev–Trinajstić information content (AvgIpc) is 3.50. The van der Waals surface area contributed by atoms with Gasteiger partial charge in [-0.1, -0.05) is 5.16 Å². The van der Waals surface area contributed by atoms with Crippen LogP contribution in [0.2, 0.25) is 0 Å². The highest BCUT2D eigenvalue weighted by Gasteiger charge is 2.23. The first-order valence-corrected chi connectivity index (χ1v) is 10.6. The predicted molar refractivity (Wildman–Crippen MR) is 124 cm³/mol. The van der Waals surface area contributed by atoms with Gasteiger partial charge in [-0.25, -0.2) is 14.4 Å². The second-order valence-corrected chi connectivity index (χ2v) is 7.65. The summed E-state index contributed by atoms with van der Waals surface area (Å²) in [6.45, 7) is 1.75. The van der Waals surface area contributed by atoms with E-state index in [-0.39, 0.29) is 18.0 Å². The maximum absolute atomic E-state index is 15.5. The third kappa shape index (κ3) is 4.33. The molecule has 5 aromatic rings.